The molecule has 0 spiro atoms. The Morgan fingerprint density at radius 2 is 1.59 bits per heavy atom. The first-order chi connectivity index (χ1) is 15.2. The lowest BCUT2D eigenvalue weighted by atomic mass is 10.1. The third kappa shape index (κ3) is 7.06. The Balaban J connectivity index is 0.000000534. The van der Waals surface area contributed by atoms with E-state index < -0.39 is 11.9 Å². The molecule has 0 aromatic heterocycles. The molecule has 11 nitrogen and oxygen atoms in total. The molecule has 2 aromatic rings. The van der Waals surface area contributed by atoms with Crippen molar-refractivity contribution in [2.75, 3.05) is 33.3 Å². The maximum absolute atomic E-state index is 12.6. The molecule has 11 heteroatoms. The minimum Gasteiger partial charge on any atom is -0.497 e. The number of ether oxygens (including phenoxy) is 1. The molecule has 0 bridgehead atoms. The van der Waals surface area contributed by atoms with Gasteiger partial charge in [-0.3, -0.25) is 19.8 Å². The number of carboxylic acid groups (broad SMARTS) is 2. The lowest BCUT2D eigenvalue weighted by Gasteiger charge is -2.34. The van der Waals surface area contributed by atoms with Crippen LogP contribution in [0, 0.1) is 10.1 Å². The predicted octanol–water partition coefficient (Wildman–Crippen LogP) is 1.72. The number of nitrogens with zero attached hydrogens (tertiary/aromatic N) is 3. The van der Waals surface area contributed by atoms with Gasteiger partial charge in [0.25, 0.3) is 11.6 Å². The van der Waals surface area contributed by atoms with Crippen LogP contribution in [0.3, 0.4) is 0 Å². The maximum atomic E-state index is 12.6. The Labute approximate surface area is 183 Å². The third-order valence-electron chi connectivity index (χ3n) is 4.71. The number of carbonyl (C=O) groups excluding carboxylic acids is 1. The minimum absolute atomic E-state index is 0.0163. The van der Waals surface area contributed by atoms with E-state index in [0.717, 1.165) is 24.4 Å². The largest absolute Gasteiger partial charge is 0.497 e. The van der Waals surface area contributed by atoms with E-state index >= 15 is 0 Å². The fraction of sp³-hybridized carbons (Fsp3) is 0.286. The Morgan fingerprint density at radius 3 is 2.09 bits per heavy atom. The number of benzene rings is 2. The molecular weight excluding hydrogens is 422 g/mol. The van der Waals surface area contributed by atoms with Gasteiger partial charge in [-0.2, -0.15) is 0 Å². The zero-order valence-corrected chi connectivity index (χ0v) is 17.3. The summed E-state index contributed by atoms with van der Waals surface area (Å²) in [6.45, 7) is 3.40. The number of hydrogen-bond donors (Lipinski definition) is 2. The van der Waals surface area contributed by atoms with Crippen molar-refractivity contribution < 1.29 is 34.3 Å². The Morgan fingerprint density at radius 1 is 1.00 bits per heavy atom. The van der Waals surface area contributed by atoms with Crippen LogP contribution in [0.1, 0.15) is 15.9 Å². The smallest absolute Gasteiger partial charge is 0.414 e. The zero-order chi connectivity index (χ0) is 23.7. The highest BCUT2D eigenvalue weighted by atomic mass is 16.6. The van der Waals surface area contributed by atoms with Crippen molar-refractivity contribution in [3.8, 4) is 5.75 Å². The van der Waals surface area contributed by atoms with Crippen molar-refractivity contribution in [2.24, 2.45) is 0 Å². The SMILES string of the molecule is COc1ccc(C(=O)N2CCN(Cc3cccc([N+](=O)[O-])c3)CC2)cc1.O=C(O)C(=O)O. The fourth-order valence-corrected chi connectivity index (χ4v) is 3.05. The van der Waals surface area contributed by atoms with E-state index in [2.05, 4.69) is 4.90 Å². The number of piperazine rings is 1. The number of rotatable bonds is 5. The summed E-state index contributed by atoms with van der Waals surface area (Å²) in [5, 5.41) is 25.7. The number of methoxy groups -OCH3 is 1. The Kier molecular flexibility index (Phi) is 8.66. The van der Waals surface area contributed by atoms with Crippen molar-refractivity contribution in [2.45, 2.75) is 6.54 Å². The van der Waals surface area contributed by atoms with Gasteiger partial charge < -0.3 is 19.8 Å². The van der Waals surface area contributed by atoms with Gasteiger partial charge >= 0.3 is 11.9 Å². The molecule has 1 aliphatic heterocycles. The van der Waals surface area contributed by atoms with Gasteiger partial charge in [-0.25, -0.2) is 9.59 Å². The highest BCUT2D eigenvalue weighted by Crippen LogP contribution is 2.17. The number of non-ortho nitro benzene ring substituents is 1. The second-order valence-corrected chi connectivity index (χ2v) is 6.83. The van der Waals surface area contributed by atoms with E-state index in [0.29, 0.717) is 25.2 Å². The molecule has 2 N–H and O–H groups in total. The second kappa shape index (κ2) is 11.4. The van der Waals surface area contributed by atoms with E-state index in [9.17, 15) is 14.9 Å². The fourth-order valence-electron chi connectivity index (χ4n) is 3.05. The standard InChI is InChI=1S/C19H21N3O4.C2H2O4/c1-26-18-7-5-16(6-8-18)19(23)21-11-9-20(10-12-21)14-15-3-2-4-17(13-15)22(24)25;3-1(4)2(5)6/h2-8,13H,9-12,14H2,1H3;(H,3,4)(H,5,6). The van der Waals surface area contributed by atoms with E-state index in [-0.39, 0.29) is 16.5 Å². The molecule has 32 heavy (non-hydrogen) atoms. The number of hydrogen-bond acceptors (Lipinski definition) is 7. The van der Waals surface area contributed by atoms with Crippen LogP contribution in [-0.4, -0.2) is 76.1 Å². The summed E-state index contributed by atoms with van der Waals surface area (Å²) in [4.78, 5) is 45.3. The molecule has 3 rings (SSSR count). The predicted molar refractivity (Wildman–Crippen MR) is 113 cm³/mol. The first-order valence-corrected chi connectivity index (χ1v) is 9.56. The van der Waals surface area contributed by atoms with E-state index in [1.165, 1.54) is 6.07 Å². The quantitative estimate of drug-likeness (QED) is 0.398. The van der Waals surface area contributed by atoms with Gasteiger partial charge in [0, 0.05) is 50.4 Å². The summed E-state index contributed by atoms with van der Waals surface area (Å²) in [7, 11) is 1.59. The van der Waals surface area contributed by atoms with Crippen LogP contribution < -0.4 is 4.74 Å². The van der Waals surface area contributed by atoms with Crippen molar-refractivity contribution >= 4 is 23.5 Å². The number of amides is 1. The zero-order valence-electron chi connectivity index (χ0n) is 17.3. The van der Waals surface area contributed by atoms with E-state index in [1.807, 2.05) is 11.0 Å². The van der Waals surface area contributed by atoms with Gasteiger partial charge in [-0.1, -0.05) is 12.1 Å². The van der Waals surface area contributed by atoms with E-state index in [4.69, 9.17) is 24.5 Å². The summed E-state index contributed by atoms with van der Waals surface area (Å²) in [5.41, 5.74) is 1.67. The summed E-state index contributed by atoms with van der Waals surface area (Å²) >= 11 is 0. The van der Waals surface area contributed by atoms with Gasteiger partial charge in [-0.15, -0.1) is 0 Å². The van der Waals surface area contributed by atoms with Crippen molar-refractivity contribution in [3.05, 3.63) is 69.8 Å². The number of nitro groups is 1. The van der Waals surface area contributed by atoms with Crippen LogP contribution in [0.25, 0.3) is 0 Å². The highest BCUT2D eigenvalue weighted by Gasteiger charge is 2.22. The average Bonchev–Trinajstić information content (AvgIpc) is 2.79. The molecule has 0 aliphatic carbocycles. The molecule has 0 radical (unpaired) electrons. The lowest BCUT2D eigenvalue weighted by Crippen LogP contribution is -2.48. The normalized spacial score (nSPS) is 13.5. The molecule has 0 saturated carbocycles. The topological polar surface area (TPSA) is 151 Å². The molecular formula is C21H23N3O8. The van der Waals surface area contributed by atoms with E-state index in [1.54, 1.807) is 43.5 Å². The van der Waals surface area contributed by atoms with Crippen molar-refractivity contribution in [3.63, 3.8) is 0 Å². The first-order valence-electron chi connectivity index (χ1n) is 9.56. The number of nitro benzene ring substituents is 1. The lowest BCUT2D eigenvalue weighted by molar-refractivity contribution is -0.384. The molecule has 1 aliphatic rings. The van der Waals surface area contributed by atoms with Gasteiger partial charge in [0.2, 0.25) is 0 Å². The molecule has 170 valence electrons. The van der Waals surface area contributed by atoms with Gasteiger partial charge in [-0.05, 0) is 29.8 Å². The maximum Gasteiger partial charge on any atom is 0.414 e. The Hall–Kier alpha value is -3.99. The number of carboxylic acids is 2. The monoisotopic (exact) mass is 445 g/mol. The first kappa shape index (κ1) is 24.3. The summed E-state index contributed by atoms with van der Waals surface area (Å²) < 4.78 is 5.11. The number of carbonyl (C=O) groups is 3. The molecule has 0 atom stereocenters. The highest BCUT2D eigenvalue weighted by molar-refractivity contribution is 6.27. The molecule has 1 saturated heterocycles. The van der Waals surface area contributed by atoms with Crippen molar-refractivity contribution in [1.29, 1.82) is 0 Å². The third-order valence-corrected chi connectivity index (χ3v) is 4.71. The minimum atomic E-state index is -1.82. The molecule has 0 unspecified atom stereocenters. The second-order valence-electron chi connectivity index (χ2n) is 6.83. The number of aliphatic carboxylic acids is 2. The van der Waals surface area contributed by atoms with Crippen LogP contribution in [0.5, 0.6) is 5.75 Å². The molecule has 1 amide bonds. The van der Waals surface area contributed by atoms with Gasteiger partial charge in [0.05, 0.1) is 12.0 Å². The summed E-state index contributed by atoms with van der Waals surface area (Å²) in [6, 6.07) is 13.8. The van der Waals surface area contributed by atoms with Gasteiger partial charge in [0.1, 0.15) is 5.75 Å². The average molecular weight is 445 g/mol. The molecule has 2 aromatic carbocycles. The van der Waals surface area contributed by atoms with Crippen LogP contribution >= 0.6 is 0 Å². The van der Waals surface area contributed by atoms with Crippen LogP contribution in [0.4, 0.5) is 5.69 Å². The van der Waals surface area contributed by atoms with Crippen LogP contribution in [0.2, 0.25) is 0 Å². The van der Waals surface area contributed by atoms with Crippen LogP contribution in [-0.2, 0) is 16.1 Å². The Bertz CT molecular complexity index is 957. The molecule has 1 heterocycles. The van der Waals surface area contributed by atoms with Crippen LogP contribution in [0.15, 0.2) is 48.5 Å². The molecule has 1 fully saturated rings. The van der Waals surface area contributed by atoms with Gasteiger partial charge in [0.15, 0.2) is 0 Å². The van der Waals surface area contributed by atoms with Crippen molar-refractivity contribution in [1.82, 2.24) is 9.80 Å². The summed E-state index contributed by atoms with van der Waals surface area (Å²) in [5.74, 6) is -2.91. The summed E-state index contributed by atoms with van der Waals surface area (Å²) in [6.07, 6.45) is 0.